The van der Waals surface area contributed by atoms with Crippen molar-refractivity contribution < 1.29 is 50.9 Å². The Labute approximate surface area is 150 Å². The topological polar surface area (TPSA) is 223 Å². The lowest BCUT2D eigenvalue weighted by Crippen LogP contribution is -2.68. The molecule has 0 aliphatic carbocycles. The molecule has 2 unspecified atom stereocenters. The summed E-state index contributed by atoms with van der Waals surface area (Å²) in [5.41, 5.74) is 4.56. The third-order valence-corrected chi connectivity index (χ3v) is 3.14. The van der Waals surface area contributed by atoms with Gasteiger partial charge in [0.2, 0.25) is 0 Å². The van der Waals surface area contributed by atoms with Crippen LogP contribution in [0.1, 0.15) is 39.0 Å². The van der Waals surface area contributed by atoms with Gasteiger partial charge in [-0.15, -0.1) is 0 Å². The van der Waals surface area contributed by atoms with Gasteiger partial charge in [-0.1, -0.05) is 13.3 Å². The van der Waals surface area contributed by atoms with Gasteiger partial charge in [-0.25, -0.2) is 10.9 Å². The average Bonchev–Trinajstić information content (AvgIpc) is 2.61. The van der Waals surface area contributed by atoms with Crippen molar-refractivity contribution in [2.24, 2.45) is 5.92 Å². The number of rotatable bonds is 11. The SMILES string of the molecule is CCCCOCC(O)CC(CCC(=O)N[NH3+])C(=O)N[NH3+].O=C([O-])C(=O)[O-]. The molecule has 0 aromatic rings. The zero-order valence-electron chi connectivity index (χ0n) is 14.8. The lowest BCUT2D eigenvalue weighted by molar-refractivity contribution is -0.428. The smallest absolute Gasteiger partial charge is 0.268 e. The average molecular weight is 380 g/mol. The molecule has 2 amide bonds. The number of carboxylic acid groups (broad SMARTS) is 2. The number of aliphatic hydroxyl groups is 1. The van der Waals surface area contributed by atoms with Gasteiger partial charge in [0.15, 0.2) is 0 Å². The van der Waals surface area contributed by atoms with Crippen molar-refractivity contribution in [1.82, 2.24) is 10.9 Å². The highest BCUT2D eigenvalue weighted by molar-refractivity contribution is 6.25. The zero-order valence-corrected chi connectivity index (χ0v) is 14.8. The van der Waals surface area contributed by atoms with Crippen molar-refractivity contribution in [3.05, 3.63) is 0 Å². The molecule has 12 nitrogen and oxygen atoms in total. The Kier molecular flexibility index (Phi) is 16.2. The van der Waals surface area contributed by atoms with Crippen LogP contribution in [0, 0.1) is 5.92 Å². The van der Waals surface area contributed by atoms with E-state index in [2.05, 4.69) is 29.5 Å². The van der Waals surface area contributed by atoms with Gasteiger partial charge in [0.25, 0.3) is 11.8 Å². The summed E-state index contributed by atoms with van der Waals surface area (Å²) in [5.74, 6) is 1.24. The fraction of sp³-hybridized carbons (Fsp3) is 0.714. The predicted octanol–water partition coefficient (Wildman–Crippen LogP) is -6.02. The Balaban J connectivity index is 0. The van der Waals surface area contributed by atoms with Crippen molar-refractivity contribution in [2.45, 2.75) is 45.1 Å². The lowest BCUT2D eigenvalue weighted by atomic mass is 9.95. The molecular formula is C14H28N4O8. The number of aliphatic hydroxyl groups excluding tert-OH is 1. The number of carbonyl (C=O) groups is 4. The van der Waals surface area contributed by atoms with E-state index in [9.17, 15) is 14.7 Å². The normalized spacial score (nSPS) is 12.2. The van der Waals surface area contributed by atoms with Crippen LogP contribution in [0.2, 0.25) is 0 Å². The minimum atomic E-state index is -2.19. The molecule has 0 rings (SSSR count). The van der Waals surface area contributed by atoms with Crippen LogP contribution in [-0.2, 0) is 23.9 Å². The van der Waals surface area contributed by atoms with Crippen LogP contribution in [-0.4, -0.2) is 48.2 Å². The summed E-state index contributed by atoms with van der Waals surface area (Å²) in [7, 11) is 0. The number of unbranched alkanes of at least 4 members (excludes halogenated alkanes) is 1. The van der Waals surface area contributed by atoms with Crippen molar-refractivity contribution in [3.63, 3.8) is 0 Å². The van der Waals surface area contributed by atoms with Crippen LogP contribution in [0.4, 0.5) is 0 Å². The highest BCUT2D eigenvalue weighted by Gasteiger charge is 2.23. The van der Waals surface area contributed by atoms with E-state index >= 15 is 0 Å². The third kappa shape index (κ3) is 15.3. The van der Waals surface area contributed by atoms with E-state index in [1.807, 2.05) is 0 Å². The second-order valence-corrected chi connectivity index (χ2v) is 5.27. The molecule has 0 spiro atoms. The standard InChI is InChI=1S/C12H26N4O4.C2H2O4/c1-2-3-6-20-8-10(17)7-9(12(19)16-14)4-5-11(18)15-13;3-1(4)2(5)6/h9-10,17H,2-8,13-14H2,1H3,(H,15,18)(H,16,19);(H,3,4)(H,5,6). The number of aliphatic carboxylic acids is 2. The minimum absolute atomic E-state index is 0.186. The summed E-state index contributed by atoms with van der Waals surface area (Å²) in [6.07, 6.45) is 2.02. The summed E-state index contributed by atoms with van der Waals surface area (Å²) in [6.45, 7) is 2.86. The number of nitrogens with one attached hydrogen (secondary N) is 2. The maximum atomic E-state index is 11.7. The molecule has 0 aromatic heterocycles. The number of quaternary nitrogens is 2. The summed E-state index contributed by atoms with van der Waals surface area (Å²) in [4.78, 5) is 40.7. The van der Waals surface area contributed by atoms with Crippen molar-refractivity contribution in [2.75, 3.05) is 13.2 Å². The number of carboxylic acids is 2. The summed E-state index contributed by atoms with van der Waals surface area (Å²) >= 11 is 0. The fourth-order valence-electron chi connectivity index (χ4n) is 1.76. The zero-order chi connectivity index (χ0) is 20.5. The first-order valence-electron chi connectivity index (χ1n) is 8.00. The summed E-state index contributed by atoms with van der Waals surface area (Å²) in [6, 6.07) is 0. The van der Waals surface area contributed by atoms with Crippen LogP contribution in [0.25, 0.3) is 0 Å². The molecule has 12 heteroatoms. The Morgan fingerprint density at radius 3 is 2.12 bits per heavy atom. The van der Waals surface area contributed by atoms with Gasteiger partial charge in [-0.3, -0.25) is 21.3 Å². The van der Waals surface area contributed by atoms with Crippen molar-refractivity contribution >= 4 is 23.8 Å². The molecule has 0 aliphatic rings. The number of amides is 2. The van der Waals surface area contributed by atoms with Gasteiger partial charge < -0.3 is 29.6 Å². The van der Waals surface area contributed by atoms with Crippen molar-refractivity contribution in [3.8, 4) is 0 Å². The van der Waals surface area contributed by atoms with E-state index in [1.165, 1.54) is 0 Å². The maximum absolute atomic E-state index is 11.7. The monoisotopic (exact) mass is 380 g/mol. The highest BCUT2D eigenvalue weighted by Crippen LogP contribution is 2.14. The van der Waals surface area contributed by atoms with Gasteiger partial charge >= 0.3 is 0 Å². The molecule has 0 aromatic carbocycles. The molecule has 0 aliphatic heterocycles. The van der Waals surface area contributed by atoms with Crippen molar-refractivity contribution in [1.29, 1.82) is 0 Å². The molecule has 0 fully saturated rings. The summed E-state index contributed by atoms with van der Waals surface area (Å²) < 4.78 is 5.31. The van der Waals surface area contributed by atoms with Gasteiger partial charge in [0.05, 0.1) is 24.6 Å². The number of hydrogen-bond donors (Lipinski definition) is 5. The van der Waals surface area contributed by atoms with E-state index < -0.39 is 24.0 Å². The largest absolute Gasteiger partial charge is 0.543 e. The summed E-state index contributed by atoms with van der Waals surface area (Å²) in [5, 5.41) is 27.7. The van der Waals surface area contributed by atoms with Gasteiger partial charge in [-0.2, -0.15) is 0 Å². The quantitative estimate of drug-likeness (QED) is 0.131. The second kappa shape index (κ2) is 16.2. The predicted molar refractivity (Wildman–Crippen MR) is 81.2 cm³/mol. The van der Waals surface area contributed by atoms with Crippen LogP contribution >= 0.6 is 0 Å². The van der Waals surface area contributed by atoms with Crippen LogP contribution in [0.5, 0.6) is 0 Å². The molecule has 2 atom stereocenters. The van der Waals surface area contributed by atoms with Crippen LogP contribution in [0.15, 0.2) is 0 Å². The van der Waals surface area contributed by atoms with E-state index in [-0.39, 0.29) is 31.3 Å². The number of carbonyl (C=O) groups excluding carboxylic acids is 4. The first-order valence-corrected chi connectivity index (χ1v) is 8.00. The second-order valence-electron chi connectivity index (χ2n) is 5.27. The Hall–Kier alpha value is -2.28. The molecule has 0 heterocycles. The number of ether oxygens (including phenoxy) is 1. The Morgan fingerprint density at radius 2 is 1.69 bits per heavy atom. The van der Waals surface area contributed by atoms with Gasteiger partial charge in [0, 0.05) is 18.9 Å². The van der Waals surface area contributed by atoms with E-state index in [0.717, 1.165) is 12.8 Å². The molecule has 9 N–H and O–H groups in total. The lowest BCUT2D eigenvalue weighted by Gasteiger charge is -2.17. The third-order valence-electron chi connectivity index (χ3n) is 3.14. The molecule has 26 heavy (non-hydrogen) atoms. The fourth-order valence-corrected chi connectivity index (χ4v) is 1.76. The first kappa shape index (κ1) is 26.0. The molecular weight excluding hydrogens is 352 g/mol. The molecule has 0 radical (unpaired) electrons. The van der Waals surface area contributed by atoms with E-state index in [1.54, 1.807) is 0 Å². The Morgan fingerprint density at radius 1 is 1.12 bits per heavy atom. The van der Waals surface area contributed by atoms with Gasteiger partial charge in [-0.05, 0) is 19.3 Å². The van der Waals surface area contributed by atoms with Gasteiger partial charge in [0.1, 0.15) is 0 Å². The number of hydrogen-bond acceptors (Lipinski definition) is 8. The Bertz CT molecular complexity index is 435. The molecule has 0 saturated heterocycles. The molecule has 0 bridgehead atoms. The van der Waals surface area contributed by atoms with Crippen LogP contribution in [0.3, 0.4) is 0 Å². The van der Waals surface area contributed by atoms with E-state index in [0.29, 0.717) is 13.0 Å². The highest BCUT2D eigenvalue weighted by atomic mass is 16.5. The minimum Gasteiger partial charge on any atom is -0.543 e. The molecule has 0 saturated carbocycles. The van der Waals surface area contributed by atoms with Crippen LogP contribution < -0.4 is 32.7 Å². The van der Waals surface area contributed by atoms with E-state index in [4.69, 9.17) is 24.5 Å². The first-order chi connectivity index (χ1) is 12.2. The molecule has 152 valence electrons. The maximum Gasteiger partial charge on any atom is 0.268 e.